The Kier molecular flexibility index (Phi) is 4.17. The zero-order chi connectivity index (χ0) is 12.2. The quantitative estimate of drug-likeness (QED) is 0.593. The lowest BCUT2D eigenvalue weighted by Crippen LogP contribution is -2.37. The molecule has 90 valence electrons. The van der Waals surface area contributed by atoms with Crippen LogP contribution in [0.15, 0.2) is 0 Å². The van der Waals surface area contributed by atoms with E-state index >= 15 is 0 Å². The predicted molar refractivity (Wildman–Crippen MR) is 62.0 cm³/mol. The van der Waals surface area contributed by atoms with Crippen molar-refractivity contribution in [3.8, 4) is 0 Å². The molecule has 1 unspecified atom stereocenters. The fraction of sp³-hybridized carbons (Fsp3) is 0.833. The van der Waals surface area contributed by atoms with Gasteiger partial charge in [0.05, 0.1) is 0 Å². The van der Waals surface area contributed by atoms with Gasteiger partial charge in [0.2, 0.25) is 6.04 Å². The molecule has 1 aliphatic heterocycles. The lowest BCUT2D eigenvalue weighted by atomic mass is 10.1. The van der Waals surface area contributed by atoms with Crippen LogP contribution in [0.3, 0.4) is 0 Å². The molecule has 4 heteroatoms. The van der Waals surface area contributed by atoms with E-state index in [-0.39, 0.29) is 12.1 Å². The summed E-state index contributed by atoms with van der Waals surface area (Å²) in [5, 5.41) is 0. The molecule has 0 radical (unpaired) electrons. The fourth-order valence-corrected chi connectivity index (χ4v) is 1.72. The van der Waals surface area contributed by atoms with Crippen molar-refractivity contribution < 1.29 is 9.53 Å². The molecule has 1 heterocycles. The number of hydrogen-bond acceptors (Lipinski definition) is 2. The first-order valence-corrected chi connectivity index (χ1v) is 5.77. The number of nitrogens with zero attached hydrogens (tertiary/aromatic N) is 2. The average molecular weight is 224 g/mol. The van der Waals surface area contributed by atoms with E-state index in [1.54, 1.807) is 4.90 Å². The van der Waals surface area contributed by atoms with Gasteiger partial charge in [-0.25, -0.2) is 11.4 Å². The van der Waals surface area contributed by atoms with Crippen molar-refractivity contribution in [3.63, 3.8) is 0 Å². The standard InChI is InChI=1S/C12H20N2O2/c1-12(2,3)16-11(15)14-8-5-6-10(13-4)7-9-14/h10H,5-9H2,1-3H3. The molecular weight excluding hydrogens is 204 g/mol. The van der Waals surface area contributed by atoms with E-state index < -0.39 is 5.60 Å². The van der Waals surface area contributed by atoms with E-state index in [0.717, 1.165) is 19.3 Å². The van der Waals surface area contributed by atoms with E-state index in [0.29, 0.717) is 13.1 Å². The fourth-order valence-electron chi connectivity index (χ4n) is 1.72. The summed E-state index contributed by atoms with van der Waals surface area (Å²) in [6.07, 6.45) is 2.30. The van der Waals surface area contributed by atoms with Crippen LogP contribution < -0.4 is 0 Å². The zero-order valence-electron chi connectivity index (χ0n) is 10.3. The number of hydrogen-bond donors (Lipinski definition) is 0. The Labute approximate surface area is 97.4 Å². The molecule has 1 saturated heterocycles. The van der Waals surface area contributed by atoms with Crippen molar-refractivity contribution >= 4 is 6.09 Å². The summed E-state index contributed by atoms with van der Waals surface area (Å²) in [5.74, 6) is 0. The maximum Gasteiger partial charge on any atom is 0.410 e. The van der Waals surface area contributed by atoms with E-state index in [9.17, 15) is 4.79 Å². The van der Waals surface area contributed by atoms with Crippen LogP contribution in [0.1, 0.15) is 40.0 Å². The van der Waals surface area contributed by atoms with Crippen molar-refractivity contribution in [2.75, 3.05) is 13.1 Å². The van der Waals surface area contributed by atoms with Gasteiger partial charge in [0.15, 0.2) is 0 Å². The molecule has 0 saturated carbocycles. The van der Waals surface area contributed by atoms with Gasteiger partial charge in [-0.05, 0) is 27.2 Å². The summed E-state index contributed by atoms with van der Waals surface area (Å²) in [6, 6.07) is 0.0763. The van der Waals surface area contributed by atoms with E-state index in [2.05, 4.69) is 4.85 Å². The first kappa shape index (κ1) is 12.8. The topological polar surface area (TPSA) is 33.9 Å². The molecule has 4 nitrogen and oxygen atoms in total. The Morgan fingerprint density at radius 2 is 2.06 bits per heavy atom. The number of carbonyl (C=O) groups is 1. The largest absolute Gasteiger partial charge is 0.444 e. The Hall–Kier alpha value is -1.24. The minimum Gasteiger partial charge on any atom is -0.444 e. The Balaban J connectivity index is 2.49. The van der Waals surface area contributed by atoms with Gasteiger partial charge in [0.25, 0.3) is 0 Å². The SMILES string of the molecule is [C-]#[N+]C1CCCN(C(=O)OC(C)(C)C)CC1. The molecule has 0 N–H and O–H groups in total. The van der Waals surface area contributed by atoms with Crippen LogP contribution in [0.25, 0.3) is 4.85 Å². The Morgan fingerprint density at radius 3 is 2.62 bits per heavy atom. The summed E-state index contributed by atoms with van der Waals surface area (Å²) < 4.78 is 5.31. The van der Waals surface area contributed by atoms with Crippen molar-refractivity contribution in [3.05, 3.63) is 11.4 Å². The molecule has 0 aromatic carbocycles. The van der Waals surface area contributed by atoms with Gasteiger partial charge in [-0.15, -0.1) is 0 Å². The Bertz CT molecular complexity index is 288. The van der Waals surface area contributed by atoms with Crippen molar-refractivity contribution in [2.45, 2.75) is 51.7 Å². The molecule has 0 aliphatic carbocycles. The van der Waals surface area contributed by atoms with Crippen molar-refractivity contribution in [1.29, 1.82) is 0 Å². The predicted octanol–water partition coefficient (Wildman–Crippen LogP) is 2.70. The minimum atomic E-state index is -0.442. The maximum absolute atomic E-state index is 11.8. The van der Waals surface area contributed by atoms with Gasteiger partial charge in [-0.2, -0.15) is 0 Å². The van der Waals surface area contributed by atoms with Gasteiger partial charge in [-0.1, -0.05) is 0 Å². The summed E-state index contributed by atoms with van der Waals surface area (Å²) >= 11 is 0. The molecule has 0 spiro atoms. The summed E-state index contributed by atoms with van der Waals surface area (Å²) in [4.78, 5) is 17.1. The Morgan fingerprint density at radius 1 is 1.38 bits per heavy atom. The van der Waals surface area contributed by atoms with Crippen LogP contribution >= 0.6 is 0 Å². The second kappa shape index (κ2) is 5.20. The van der Waals surface area contributed by atoms with Crippen LogP contribution in [0.4, 0.5) is 4.79 Å². The molecule has 1 fully saturated rings. The number of rotatable bonds is 0. The lowest BCUT2D eigenvalue weighted by molar-refractivity contribution is 0.0257. The summed E-state index contributed by atoms with van der Waals surface area (Å²) in [5.41, 5.74) is -0.442. The molecule has 1 atom stereocenters. The molecular formula is C12H20N2O2. The zero-order valence-corrected chi connectivity index (χ0v) is 10.3. The first-order chi connectivity index (χ1) is 7.42. The van der Waals surface area contributed by atoms with Gasteiger partial charge in [-0.3, -0.25) is 0 Å². The highest BCUT2D eigenvalue weighted by molar-refractivity contribution is 5.68. The second-order valence-electron chi connectivity index (χ2n) is 5.18. The summed E-state index contributed by atoms with van der Waals surface area (Å²) in [6.45, 7) is 13.9. The average Bonchev–Trinajstić information content (AvgIpc) is 2.39. The molecule has 0 aromatic heterocycles. The molecule has 0 bridgehead atoms. The number of likely N-dealkylation sites (tertiary alicyclic amines) is 1. The minimum absolute atomic E-state index is 0.0763. The van der Waals surface area contributed by atoms with Crippen LogP contribution in [0.2, 0.25) is 0 Å². The smallest absolute Gasteiger partial charge is 0.410 e. The van der Waals surface area contributed by atoms with Gasteiger partial charge in [0, 0.05) is 25.9 Å². The molecule has 1 rings (SSSR count). The lowest BCUT2D eigenvalue weighted by Gasteiger charge is -2.26. The number of amides is 1. The second-order valence-corrected chi connectivity index (χ2v) is 5.18. The first-order valence-electron chi connectivity index (χ1n) is 5.77. The van der Waals surface area contributed by atoms with Gasteiger partial charge in [0.1, 0.15) is 5.60 Å². The molecule has 1 aliphatic rings. The van der Waals surface area contributed by atoms with Crippen LogP contribution in [-0.4, -0.2) is 35.7 Å². The normalized spacial score (nSPS) is 22.1. The number of ether oxygens (including phenoxy) is 1. The van der Waals surface area contributed by atoms with Crippen molar-refractivity contribution in [1.82, 2.24) is 4.90 Å². The van der Waals surface area contributed by atoms with Crippen LogP contribution in [0.5, 0.6) is 0 Å². The van der Waals surface area contributed by atoms with Crippen molar-refractivity contribution in [2.24, 2.45) is 0 Å². The third kappa shape index (κ3) is 4.09. The van der Waals surface area contributed by atoms with E-state index in [1.165, 1.54) is 0 Å². The van der Waals surface area contributed by atoms with Crippen LogP contribution in [-0.2, 0) is 4.74 Å². The van der Waals surface area contributed by atoms with Crippen LogP contribution in [0, 0.1) is 6.57 Å². The van der Waals surface area contributed by atoms with E-state index in [1.807, 2.05) is 20.8 Å². The van der Waals surface area contributed by atoms with Gasteiger partial charge < -0.3 is 14.5 Å². The molecule has 0 aromatic rings. The molecule has 16 heavy (non-hydrogen) atoms. The highest BCUT2D eigenvalue weighted by Crippen LogP contribution is 2.17. The highest BCUT2D eigenvalue weighted by atomic mass is 16.6. The molecule has 1 amide bonds. The summed E-state index contributed by atoms with van der Waals surface area (Å²) in [7, 11) is 0. The third-order valence-corrected chi connectivity index (χ3v) is 2.53. The van der Waals surface area contributed by atoms with Gasteiger partial charge >= 0.3 is 6.09 Å². The number of carbonyl (C=O) groups excluding carboxylic acids is 1. The third-order valence-electron chi connectivity index (χ3n) is 2.53. The maximum atomic E-state index is 11.8. The monoisotopic (exact) mass is 224 g/mol. The highest BCUT2D eigenvalue weighted by Gasteiger charge is 2.26. The van der Waals surface area contributed by atoms with E-state index in [4.69, 9.17) is 11.3 Å².